The van der Waals surface area contributed by atoms with Crippen molar-refractivity contribution in [2.75, 3.05) is 6.54 Å². The zero-order valence-corrected chi connectivity index (χ0v) is 9.13. The molecule has 0 aromatic heterocycles. The van der Waals surface area contributed by atoms with Gasteiger partial charge in [0.25, 0.3) is 0 Å². The first-order valence-electron chi connectivity index (χ1n) is 5.31. The van der Waals surface area contributed by atoms with Crippen molar-refractivity contribution in [3.8, 4) is 0 Å². The van der Waals surface area contributed by atoms with Gasteiger partial charge in [0.1, 0.15) is 5.60 Å². The summed E-state index contributed by atoms with van der Waals surface area (Å²) in [4.78, 5) is 12.2. The molecule has 1 fully saturated rings. The van der Waals surface area contributed by atoms with Crippen molar-refractivity contribution >= 4 is 6.09 Å². The molecule has 2 N–H and O–H groups in total. The van der Waals surface area contributed by atoms with Gasteiger partial charge in [0, 0.05) is 6.54 Å². The minimum atomic E-state index is -1.11. The van der Waals surface area contributed by atoms with Crippen LogP contribution in [0.25, 0.3) is 0 Å². The summed E-state index contributed by atoms with van der Waals surface area (Å²) in [6.45, 7) is 2.17. The quantitative estimate of drug-likeness (QED) is 0.798. The lowest BCUT2D eigenvalue weighted by Gasteiger charge is -2.47. The highest BCUT2D eigenvalue weighted by Gasteiger charge is 2.45. The van der Waals surface area contributed by atoms with Gasteiger partial charge in [0.2, 0.25) is 0 Å². The number of aliphatic hydroxyl groups is 1. The Balaban J connectivity index is 2.23. The summed E-state index contributed by atoms with van der Waals surface area (Å²) in [6.07, 6.45) is -0.263. The Bertz CT molecular complexity index is 389. The Labute approximate surface area is 94.1 Å². The van der Waals surface area contributed by atoms with Crippen LogP contribution in [0.3, 0.4) is 0 Å². The van der Waals surface area contributed by atoms with Gasteiger partial charge in [-0.25, -0.2) is 4.79 Å². The van der Waals surface area contributed by atoms with Crippen molar-refractivity contribution in [1.29, 1.82) is 0 Å². The molecule has 4 heteroatoms. The first-order chi connectivity index (χ1) is 7.53. The maximum Gasteiger partial charge on any atom is 0.407 e. The van der Waals surface area contributed by atoms with Crippen molar-refractivity contribution in [1.82, 2.24) is 4.90 Å². The average Bonchev–Trinajstić information content (AvgIpc) is 2.15. The third kappa shape index (κ3) is 1.65. The van der Waals surface area contributed by atoms with Crippen LogP contribution >= 0.6 is 0 Å². The van der Waals surface area contributed by atoms with Crippen LogP contribution in [-0.2, 0) is 5.60 Å². The van der Waals surface area contributed by atoms with Crippen LogP contribution in [0.15, 0.2) is 30.3 Å². The normalized spacial score (nSPS) is 23.4. The van der Waals surface area contributed by atoms with Gasteiger partial charge in [-0.05, 0) is 18.9 Å². The van der Waals surface area contributed by atoms with E-state index in [2.05, 4.69) is 0 Å². The van der Waals surface area contributed by atoms with Gasteiger partial charge in [-0.3, -0.25) is 0 Å². The van der Waals surface area contributed by atoms with E-state index in [9.17, 15) is 9.90 Å². The molecule has 2 rings (SSSR count). The predicted octanol–water partition coefficient (Wildman–Crippen LogP) is 1.65. The second kappa shape index (κ2) is 3.79. The number of likely N-dealkylation sites (tertiary alicyclic amines) is 1. The fraction of sp³-hybridized carbons (Fsp3) is 0.417. The standard InChI is InChI=1S/C12H15NO3/c1-12(16,9-5-3-2-4-6-9)10-7-8-13(10)11(14)15/h2-6,10,16H,7-8H2,1H3,(H,14,15)/t10-,12+/m0/s1. The smallest absolute Gasteiger partial charge is 0.407 e. The maximum atomic E-state index is 10.9. The van der Waals surface area contributed by atoms with Gasteiger partial charge < -0.3 is 15.1 Å². The first kappa shape index (κ1) is 11.0. The molecule has 1 amide bonds. The van der Waals surface area contributed by atoms with E-state index in [-0.39, 0.29) is 6.04 Å². The van der Waals surface area contributed by atoms with E-state index in [0.717, 1.165) is 5.56 Å². The highest BCUT2D eigenvalue weighted by Crippen LogP contribution is 2.35. The molecule has 16 heavy (non-hydrogen) atoms. The Kier molecular flexibility index (Phi) is 2.59. The van der Waals surface area contributed by atoms with Crippen LogP contribution in [0.1, 0.15) is 18.9 Å². The molecule has 0 saturated carbocycles. The van der Waals surface area contributed by atoms with Crippen molar-refractivity contribution < 1.29 is 15.0 Å². The first-order valence-corrected chi connectivity index (χ1v) is 5.31. The van der Waals surface area contributed by atoms with Crippen LogP contribution in [0.2, 0.25) is 0 Å². The molecule has 0 spiro atoms. The Morgan fingerprint density at radius 1 is 1.44 bits per heavy atom. The van der Waals surface area contributed by atoms with E-state index >= 15 is 0 Å². The molecule has 86 valence electrons. The van der Waals surface area contributed by atoms with Gasteiger partial charge in [-0.1, -0.05) is 30.3 Å². The average molecular weight is 221 g/mol. The SMILES string of the molecule is C[C@@](O)(c1ccccc1)[C@@H]1CCN1C(=O)O. The molecule has 1 aromatic rings. The van der Waals surface area contributed by atoms with Crippen LogP contribution in [0, 0.1) is 0 Å². The van der Waals surface area contributed by atoms with Crippen molar-refractivity contribution in [3.63, 3.8) is 0 Å². The number of nitrogens with zero attached hydrogens (tertiary/aromatic N) is 1. The summed E-state index contributed by atoms with van der Waals surface area (Å²) in [6, 6.07) is 8.85. The third-order valence-electron chi connectivity index (χ3n) is 3.27. The van der Waals surface area contributed by atoms with E-state index in [1.807, 2.05) is 30.3 Å². The Morgan fingerprint density at radius 2 is 2.06 bits per heavy atom. The van der Waals surface area contributed by atoms with Crippen LogP contribution in [0.4, 0.5) is 4.79 Å². The summed E-state index contributed by atoms with van der Waals surface area (Å²) in [7, 11) is 0. The fourth-order valence-corrected chi connectivity index (χ4v) is 2.17. The van der Waals surface area contributed by atoms with E-state index in [4.69, 9.17) is 5.11 Å². The lowest BCUT2D eigenvalue weighted by Crippen LogP contribution is -2.59. The minimum absolute atomic E-state index is 0.340. The molecule has 1 aliphatic rings. The largest absolute Gasteiger partial charge is 0.465 e. The Hall–Kier alpha value is -1.55. The van der Waals surface area contributed by atoms with Crippen LogP contribution in [0.5, 0.6) is 0 Å². The molecule has 1 saturated heterocycles. The molecule has 1 aliphatic heterocycles. The number of rotatable bonds is 2. The van der Waals surface area contributed by atoms with Gasteiger partial charge in [-0.2, -0.15) is 0 Å². The van der Waals surface area contributed by atoms with Crippen LogP contribution in [-0.4, -0.2) is 33.8 Å². The monoisotopic (exact) mass is 221 g/mol. The zero-order chi connectivity index (χ0) is 11.8. The van der Waals surface area contributed by atoms with Gasteiger partial charge >= 0.3 is 6.09 Å². The highest BCUT2D eigenvalue weighted by molar-refractivity contribution is 5.67. The maximum absolute atomic E-state index is 10.9. The van der Waals surface area contributed by atoms with Crippen LogP contribution < -0.4 is 0 Å². The van der Waals surface area contributed by atoms with Crippen molar-refractivity contribution in [2.24, 2.45) is 0 Å². The number of benzene rings is 1. The van der Waals surface area contributed by atoms with Gasteiger partial charge in [0.15, 0.2) is 0 Å². The van der Waals surface area contributed by atoms with Crippen molar-refractivity contribution in [3.05, 3.63) is 35.9 Å². The number of carbonyl (C=O) groups is 1. The fourth-order valence-electron chi connectivity index (χ4n) is 2.17. The highest BCUT2D eigenvalue weighted by atomic mass is 16.4. The summed E-state index contributed by atoms with van der Waals surface area (Å²) in [5.74, 6) is 0. The second-order valence-electron chi connectivity index (χ2n) is 4.29. The van der Waals surface area contributed by atoms with E-state index < -0.39 is 11.7 Å². The molecule has 4 nitrogen and oxygen atoms in total. The Morgan fingerprint density at radius 3 is 2.50 bits per heavy atom. The van der Waals surface area contributed by atoms with E-state index in [0.29, 0.717) is 13.0 Å². The third-order valence-corrected chi connectivity index (χ3v) is 3.27. The molecule has 2 atom stereocenters. The molecule has 0 bridgehead atoms. The van der Waals surface area contributed by atoms with Crippen molar-refractivity contribution in [2.45, 2.75) is 25.0 Å². The molecule has 0 aliphatic carbocycles. The molecule has 0 unspecified atom stereocenters. The summed E-state index contributed by atoms with van der Waals surface area (Å²) in [5, 5.41) is 19.3. The second-order valence-corrected chi connectivity index (χ2v) is 4.29. The lowest BCUT2D eigenvalue weighted by atomic mass is 9.81. The molecule has 1 heterocycles. The van der Waals surface area contributed by atoms with E-state index in [1.54, 1.807) is 6.92 Å². The molecular weight excluding hydrogens is 206 g/mol. The summed E-state index contributed by atoms with van der Waals surface area (Å²) < 4.78 is 0. The van der Waals surface area contributed by atoms with Gasteiger partial charge in [0.05, 0.1) is 6.04 Å². The summed E-state index contributed by atoms with van der Waals surface area (Å²) >= 11 is 0. The number of carboxylic acid groups (broad SMARTS) is 1. The topological polar surface area (TPSA) is 60.8 Å². The minimum Gasteiger partial charge on any atom is -0.465 e. The zero-order valence-electron chi connectivity index (χ0n) is 9.13. The lowest BCUT2D eigenvalue weighted by molar-refractivity contribution is -0.0741. The molecule has 1 aromatic carbocycles. The molecular formula is C12H15NO3. The number of hydrogen-bond donors (Lipinski definition) is 2. The number of hydrogen-bond acceptors (Lipinski definition) is 2. The summed E-state index contributed by atoms with van der Waals surface area (Å²) in [5.41, 5.74) is -0.358. The number of amides is 1. The predicted molar refractivity (Wildman–Crippen MR) is 59.1 cm³/mol. The van der Waals surface area contributed by atoms with Gasteiger partial charge in [-0.15, -0.1) is 0 Å². The molecule has 0 radical (unpaired) electrons. The van der Waals surface area contributed by atoms with E-state index in [1.165, 1.54) is 4.90 Å².